The third-order valence-electron chi connectivity index (χ3n) is 1.95. The van der Waals surface area contributed by atoms with Crippen LogP contribution in [0.15, 0.2) is 0 Å². The van der Waals surface area contributed by atoms with Crippen LogP contribution in [0.25, 0.3) is 0 Å². The minimum Gasteiger partial charge on any atom is -0.457 e. The maximum atomic E-state index is 11.2. The maximum Gasteiger partial charge on any atom is 0.303 e. The van der Waals surface area contributed by atoms with Gasteiger partial charge in [0, 0.05) is 6.92 Å². The first-order valence-corrected chi connectivity index (χ1v) is 6.05. The van der Waals surface area contributed by atoms with E-state index in [4.69, 9.17) is 16.3 Å². The number of halogens is 1. The van der Waals surface area contributed by atoms with Crippen molar-refractivity contribution in [3.8, 4) is 0 Å². The second-order valence-electron chi connectivity index (χ2n) is 3.43. The molecule has 76 valence electrons. The smallest absolute Gasteiger partial charge is 0.303 e. The van der Waals surface area contributed by atoms with E-state index in [9.17, 15) is 13.2 Å². The van der Waals surface area contributed by atoms with E-state index in [0.29, 0.717) is 0 Å². The first-order valence-electron chi connectivity index (χ1n) is 3.79. The average molecular weight is 227 g/mol. The molecule has 0 bridgehead atoms. The Hall–Kier alpha value is -0.290. The molecule has 0 radical (unpaired) electrons. The van der Waals surface area contributed by atoms with Crippen LogP contribution in [0.4, 0.5) is 0 Å². The molecule has 0 N–H and O–H groups in total. The predicted molar refractivity (Wildman–Crippen MR) is 48.5 cm³/mol. The Kier molecular flexibility index (Phi) is 2.60. The van der Waals surface area contributed by atoms with E-state index in [0.717, 1.165) is 0 Å². The van der Waals surface area contributed by atoms with Crippen molar-refractivity contribution < 1.29 is 17.9 Å². The first-order chi connectivity index (χ1) is 5.75. The minimum atomic E-state index is -3.16. The number of ether oxygens (including phenoxy) is 1. The van der Waals surface area contributed by atoms with Crippen LogP contribution in [0, 0.1) is 0 Å². The fourth-order valence-corrected chi connectivity index (χ4v) is 4.25. The Morgan fingerprint density at radius 2 is 2.15 bits per heavy atom. The van der Waals surface area contributed by atoms with E-state index in [-0.39, 0.29) is 11.5 Å². The molecule has 1 rings (SSSR count). The van der Waals surface area contributed by atoms with Crippen LogP contribution in [0.5, 0.6) is 0 Å². The monoisotopic (exact) mass is 226 g/mol. The van der Waals surface area contributed by atoms with Gasteiger partial charge >= 0.3 is 5.97 Å². The molecule has 13 heavy (non-hydrogen) atoms. The maximum absolute atomic E-state index is 11.2. The first kappa shape index (κ1) is 10.8. The Morgan fingerprint density at radius 1 is 1.62 bits per heavy atom. The molecule has 0 aromatic heterocycles. The van der Waals surface area contributed by atoms with Gasteiger partial charge in [-0.2, -0.15) is 0 Å². The third-order valence-corrected chi connectivity index (χ3v) is 4.60. The van der Waals surface area contributed by atoms with Gasteiger partial charge in [-0.3, -0.25) is 4.79 Å². The highest BCUT2D eigenvalue weighted by atomic mass is 35.5. The van der Waals surface area contributed by atoms with Crippen molar-refractivity contribution in [1.82, 2.24) is 0 Å². The second kappa shape index (κ2) is 3.13. The summed E-state index contributed by atoms with van der Waals surface area (Å²) in [7, 11) is -3.16. The van der Waals surface area contributed by atoms with Crippen LogP contribution < -0.4 is 0 Å². The standard InChI is InChI=1S/C7H11ClO4S/c1-5(9)12-7(2)4-13(10,11)3-6(7)8/h6H,3-4H2,1-2H3. The van der Waals surface area contributed by atoms with E-state index >= 15 is 0 Å². The lowest BCUT2D eigenvalue weighted by atomic mass is 10.1. The molecule has 2 atom stereocenters. The number of alkyl halides is 1. The van der Waals surface area contributed by atoms with Crippen molar-refractivity contribution in [3.05, 3.63) is 0 Å². The summed E-state index contributed by atoms with van der Waals surface area (Å²) in [6.07, 6.45) is 0. The van der Waals surface area contributed by atoms with Crippen molar-refractivity contribution in [2.24, 2.45) is 0 Å². The van der Waals surface area contributed by atoms with Crippen molar-refractivity contribution in [2.45, 2.75) is 24.8 Å². The van der Waals surface area contributed by atoms with Crippen molar-refractivity contribution in [1.29, 1.82) is 0 Å². The molecule has 0 amide bonds. The van der Waals surface area contributed by atoms with Crippen LogP contribution in [0.2, 0.25) is 0 Å². The highest BCUT2D eigenvalue weighted by Gasteiger charge is 2.48. The van der Waals surface area contributed by atoms with Crippen LogP contribution in [-0.4, -0.2) is 36.9 Å². The number of carbonyl (C=O) groups is 1. The van der Waals surface area contributed by atoms with E-state index in [2.05, 4.69) is 0 Å². The van der Waals surface area contributed by atoms with Gasteiger partial charge in [-0.1, -0.05) is 0 Å². The van der Waals surface area contributed by atoms with Gasteiger partial charge in [-0.05, 0) is 6.92 Å². The Labute approximate surface area is 82.1 Å². The van der Waals surface area contributed by atoms with Gasteiger partial charge < -0.3 is 4.74 Å². The molecule has 2 unspecified atom stereocenters. The van der Waals surface area contributed by atoms with Gasteiger partial charge in [0.1, 0.15) is 5.60 Å². The highest BCUT2D eigenvalue weighted by molar-refractivity contribution is 7.91. The van der Waals surface area contributed by atoms with Crippen molar-refractivity contribution in [2.75, 3.05) is 11.5 Å². The zero-order valence-electron chi connectivity index (χ0n) is 7.41. The summed E-state index contributed by atoms with van der Waals surface area (Å²) in [6, 6.07) is 0. The summed E-state index contributed by atoms with van der Waals surface area (Å²) in [4.78, 5) is 10.7. The van der Waals surface area contributed by atoms with E-state index < -0.39 is 26.8 Å². The summed E-state index contributed by atoms with van der Waals surface area (Å²) in [5.41, 5.74) is -1.06. The summed E-state index contributed by atoms with van der Waals surface area (Å²) in [5, 5.41) is -0.651. The molecule has 0 saturated carbocycles. The highest BCUT2D eigenvalue weighted by Crippen LogP contribution is 2.31. The fraction of sp³-hybridized carbons (Fsp3) is 0.857. The zero-order chi connectivity index (χ0) is 10.3. The van der Waals surface area contributed by atoms with Gasteiger partial charge in [-0.15, -0.1) is 11.6 Å². The normalized spacial score (nSPS) is 37.3. The Morgan fingerprint density at radius 3 is 2.46 bits per heavy atom. The zero-order valence-corrected chi connectivity index (χ0v) is 8.98. The molecule has 1 heterocycles. The molecule has 1 aliphatic heterocycles. The van der Waals surface area contributed by atoms with E-state index in [1.54, 1.807) is 0 Å². The average Bonchev–Trinajstić information content (AvgIpc) is 1.98. The molecule has 0 spiro atoms. The molecular formula is C7H11ClO4S. The van der Waals surface area contributed by atoms with Crippen LogP contribution in [-0.2, 0) is 19.4 Å². The van der Waals surface area contributed by atoms with Crippen molar-refractivity contribution >= 4 is 27.4 Å². The lowest BCUT2D eigenvalue weighted by Crippen LogP contribution is -2.39. The molecule has 0 aromatic rings. The third kappa shape index (κ3) is 2.34. The van der Waals surface area contributed by atoms with Gasteiger partial charge in [-0.25, -0.2) is 8.42 Å². The molecule has 4 nitrogen and oxygen atoms in total. The lowest BCUT2D eigenvalue weighted by Gasteiger charge is -2.25. The fourth-order valence-electron chi connectivity index (χ4n) is 1.41. The van der Waals surface area contributed by atoms with Crippen LogP contribution in [0.1, 0.15) is 13.8 Å². The molecule has 1 fully saturated rings. The van der Waals surface area contributed by atoms with Gasteiger partial charge in [0.2, 0.25) is 0 Å². The molecular weight excluding hydrogens is 216 g/mol. The molecule has 1 saturated heterocycles. The Balaban J connectivity index is 2.87. The quantitative estimate of drug-likeness (QED) is 0.478. The van der Waals surface area contributed by atoms with Gasteiger partial charge in [0.05, 0.1) is 16.9 Å². The molecule has 0 aromatic carbocycles. The molecule has 6 heteroatoms. The molecule has 0 aliphatic carbocycles. The largest absolute Gasteiger partial charge is 0.457 e. The summed E-state index contributed by atoms with van der Waals surface area (Å²) < 4.78 is 27.2. The topological polar surface area (TPSA) is 60.4 Å². The number of hydrogen-bond acceptors (Lipinski definition) is 4. The van der Waals surface area contributed by atoms with E-state index in [1.165, 1.54) is 13.8 Å². The van der Waals surface area contributed by atoms with E-state index in [1.807, 2.05) is 0 Å². The predicted octanol–water partition coefficient (Wildman–Crippen LogP) is 0.344. The van der Waals surface area contributed by atoms with Gasteiger partial charge in [0.15, 0.2) is 9.84 Å². The SMILES string of the molecule is CC(=O)OC1(C)CS(=O)(=O)CC1Cl. The minimum absolute atomic E-state index is 0.127. The summed E-state index contributed by atoms with van der Waals surface area (Å²) in [6.45, 7) is 2.77. The van der Waals surface area contributed by atoms with Crippen LogP contribution >= 0.6 is 11.6 Å². The summed E-state index contributed by atoms with van der Waals surface area (Å²) >= 11 is 5.79. The lowest BCUT2D eigenvalue weighted by molar-refractivity contribution is -0.152. The van der Waals surface area contributed by atoms with Gasteiger partial charge in [0.25, 0.3) is 0 Å². The Bertz CT molecular complexity index is 323. The van der Waals surface area contributed by atoms with Crippen LogP contribution in [0.3, 0.4) is 0 Å². The number of carbonyl (C=O) groups excluding carboxylic acids is 1. The molecule has 1 aliphatic rings. The summed E-state index contributed by atoms with van der Waals surface area (Å²) in [5.74, 6) is -0.822. The number of hydrogen-bond donors (Lipinski definition) is 0. The number of esters is 1. The second-order valence-corrected chi connectivity index (χ2v) is 6.06. The number of rotatable bonds is 1. The number of sulfone groups is 1. The van der Waals surface area contributed by atoms with Crippen molar-refractivity contribution in [3.63, 3.8) is 0 Å².